The maximum atomic E-state index is 12.0. The van der Waals surface area contributed by atoms with Crippen LogP contribution in [0.25, 0.3) is 0 Å². The molecule has 1 aliphatic heterocycles. The molecule has 0 aromatic carbocycles. The van der Waals surface area contributed by atoms with Crippen LogP contribution in [0.3, 0.4) is 0 Å². The highest BCUT2D eigenvalue weighted by Crippen LogP contribution is 2.19. The van der Waals surface area contributed by atoms with E-state index in [2.05, 4.69) is 0 Å². The van der Waals surface area contributed by atoms with Gasteiger partial charge in [-0.3, -0.25) is 9.69 Å². The minimum absolute atomic E-state index is 0.222. The van der Waals surface area contributed by atoms with Gasteiger partial charge in [0.25, 0.3) is 0 Å². The number of likely N-dealkylation sites (tertiary alicyclic amines) is 1. The van der Waals surface area contributed by atoms with E-state index >= 15 is 0 Å². The van der Waals surface area contributed by atoms with Crippen molar-refractivity contribution < 1.29 is 18.0 Å². The largest absolute Gasteiger partial charge is 0.451 e. The van der Waals surface area contributed by atoms with Crippen LogP contribution in [0.5, 0.6) is 0 Å². The highest BCUT2D eigenvalue weighted by molar-refractivity contribution is 5.85. The maximum Gasteiger partial charge on any atom is 0.451 e. The van der Waals surface area contributed by atoms with Crippen LogP contribution in [0.2, 0.25) is 0 Å². The van der Waals surface area contributed by atoms with Crippen LogP contribution in [0.15, 0.2) is 0 Å². The summed E-state index contributed by atoms with van der Waals surface area (Å²) in [6, 6.07) is 0. The highest BCUT2D eigenvalue weighted by atomic mass is 19.4. The molecule has 0 radical (unpaired) electrons. The quantitative estimate of drug-likeness (QED) is 0.771. The Bertz CT molecular complexity index is 230. The number of hydrogen-bond donors (Lipinski definition) is 1. The van der Waals surface area contributed by atoms with Crippen LogP contribution in [0.4, 0.5) is 13.2 Å². The Morgan fingerprint density at radius 3 is 2.67 bits per heavy atom. The van der Waals surface area contributed by atoms with Crippen LogP contribution in [0, 0.1) is 5.92 Å². The summed E-state index contributed by atoms with van der Waals surface area (Å²) < 4.78 is 35.9. The number of halogens is 3. The lowest BCUT2D eigenvalue weighted by atomic mass is 9.98. The number of alkyl halides is 3. The standard InChI is InChI=1S/C9H15F3N2O/c10-9(11,12)8(15)6-14-3-1-2-7(4-13)5-14/h7H,1-6,13H2/t7-/m0/s1. The predicted molar refractivity (Wildman–Crippen MR) is 49.3 cm³/mol. The lowest BCUT2D eigenvalue weighted by molar-refractivity contribution is -0.172. The van der Waals surface area contributed by atoms with Crippen LogP contribution >= 0.6 is 0 Å². The fraction of sp³-hybridized carbons (Fsp3) is 0.889. The summed E-state index contributed by atoms with van der Waals surface area (Å²) in [5, 5.41) is 0. The lowest BCUT2D eigenvalue weighted by Crippen LogP contribution is -2.44. The van der Waals surface area contributed by atoms with Gasteiger partial charge in [-0.25, -0.2) is 0 Å². The van der Waals surface area contributed by atoms with E-state index in [1.54, 1.807) is 0 Å². The van der Waals surface area contributed by atoms with Gasteiger partial charge in [0.1, 0.15) is 0 Å². The second kappa shape index (κ2) is 4.94. The number of carbonyl (C=O) groups is 1. The summed E-state index contributed by atoms with van der Waals surface area (Å²) in [5.74, 6) is -1.44. The van der Waals surface area contributed by atoms with E-state index in [-0.39, 0.29) is 5.92 Å². The Kier molecular flexibility index (Phi) is 4.10. The number of nitrogens with two attached hydrogens (primary N) is 1. The average Bonchev–Trinajstić information content (AvgIpc) is 2.16. The first-order chi connectivity index (χ1) is 6.93. The minimum atomic E-state index is -4.71. The molecule has 6 heteroatoms. The van der Waals surface area contributed by atoms with Gasteiger partial charge in [-0.1, -0.05) is 0 Å². The topological polar surface area (TPSA) is 46.3 Å². The molecular weight excluding hydrogens is 209 g/mol. The minimum Gasteiger partial charge on any atom is -0.330 e. The van der Waals surface area contributed by atoms with Crippen LogP contribution in [0.1, 0.15) is 12.8 Å². The van der Waals surface area contributed by atoms with E-state index in [9.17, 15) is 18.0 Å². The summed E-state index contributed by atoms with van der Waals surface area (Å²) in [7, 11) is 0. The monoisotopic (exact) mass is 224 g/mol. The van der Waals surface area contributed by atoms with Gasteiger partial charge in [-0.2, -0.15) is 13.2 Å². The van der Waals surface area contributed by atoms with Crippen molar-refractivity contribution in [3.63, 3.8) is 0 Å². The number of carbonyl (C=O) groups excluding carboxylic acids is 1. The Morgan fingerprint density at radius 1 is 1.47 bits per heavy atom. The second-order valence-electron chi connectivity index (χ2n) is 3.90. The molecule has 0 amide bonds. The summed E-state index contributed by atoms with van der Waals surface area (Å²) >= 11 is 0. The molecule has 0 aromatic rings. The molecule has 15 heavy (non-hydrogen) atoms. The van der Waals surface area contributed by atoms with E-state index < -0.39 is 18.5 Å². The second-order valence-corrected chi connectivity index (χ2v) is 3.90. The zero-order valence-electron chi connectivity index (χ0n) is 8.39. The van der Waals surface area contributed by atoms with Gasteiger partial charge < -0.3 is 5.73 Å². The number of rotatable bonds is 3. The number of piperidine rings is 1. The third-order valence-corrected chi connectivity index (χ3v) is 2.62. The summed E-state index contributed by atoms with van der Waals surface area (Å²) in [5.41, 5.74) is 5.45. The third kappa shape index (κ3) is 3.79. The van der Waals surface area contributed by atoms with Gasteiger partial charge in [0, 0.05) is 6.54 Å². The summed E-state index contributed by atoms with van der Waals surface area (Å²) in [6.07, 6.45) is -2.96. The first kappa shape index (κ1) is 12.4. The normalized spacial score (nSPS) is 24.1. The molecule has 1 atom stereocenters. The third-order valence-electron chi connectivity index (χ3n) is 2.62. The zero-order chi connectivity index (χ0) is 11.5. The molecule has 1 aliphatic rings. The van der Waals surface area contributed by atoms with E-state index in [0.29, 0.717) is 19.6 Å². The molecule has 88 valence electrons. The van der Waals surface area contributed by atoms with E-state index in [4.69, 9.17) is 5.73 Å². The molecule has 2 N–H and O–H groups in total. The molecular formula is C9H15F3N2O. The first-order valence-electron chi connectivity index (χ1n) is 4.96. The number of ketones is 1. The van der Waals surface area contributed by atoms with E-state index in [1.807, 2.05) is 0 Å². The van der Waals surface area contributed by atoms with E-state index in [1.165, 1.54) is 4.90 Å². The molecule has 0 spiro atoms. The van der Waals surface area contributed by atoms with Gasteiger partial charge in [0.15, 0.2) is 0 Å². The average molecular weight is 224 g/mol. The molecule has 0 bridgehead atoms. The molecule has 1 fully saturated rings. The van der Waals surface area contributed by atoms with Crippen molar-refractivity contribution in [2.45, 2.75) is 19.0 Å². The SMILES string of the molecule is NC[C@@H]1CCCN(CC(=O)C(F)(F)F)C1. The van der Waals surface area contributed by atoms with Gasteiger partial charge >= 0.3 is 6.18 Å². The van der Waals surface area contributed by atoms with Crippen LogP contribution in [-0.4, -0.2) is 43.0 Å². The van der Waals surface area contributed by atoms with Crippen LogP contribution < -0.4 is 5.73 Å². The van der Waals surface area contributed by atoms with Crippen molar-refractivity contribution in [1.29, 1.82) is 0 Å². The van der Waals surface area contributed by atoms with Gasteiger partial charge in [0.2, 0.25) is 5.78 Å². The van der Waals surface area contributed by atoms with Gasteiger partial charge in [-0.05, 0) is 31.8 Å². The first-order valence-corrected chi connectivity index (χ1v) is 4.96. The number of Topliss-reactive ketones (excluding diaryl/α,β-unsaturated/α-hetero) is 1. The lowest BCUT2D eigenvalue weighted by Gasteiger charge is -2.31. The Labute approximate surface area is 86.4 Å². The van der Waals surface area contributed by atoms with Gasteiger partial charge in [-0.15, -0.1) is 0 Å². The summed E-state index contributed by atoms with van der Waals surface area (Å²) in [6.45, 7) is 0.993. The Hall–Kier alpha value is -0.620. The van der Waals surface area contributed by atoms with Crippen molar-refractivity contribution in [2.75, 3.05) is 26.2 Å². The molecule has 1 heterocycles. The van der Waals surface area contributed by atoms with Crippen molar-refractivity contribution in [3.8, 4) is 0 Å². The van der Waals surface area contributed by atoms with E-state index in [0.717, 1.165) is 12.8 Å². The highest BCUT2D eigenvalue weighted by Gasteiger charge is 2.39. The predicted octanol–water partition coefficient (Wildman–Crippen LogP) is 0.789. The molecule has 1 rings (SSSR count). The smallest absolute Gasteiger partial charge is 0.330 e. The molecule has 0 aliphatic carbocycles. The molecule has 0 aromatic heterocycles. The molecule has 0 saturated carbocycles. The zero-order valence-corrected chi connectivity index (χ0v) is 8.39. The maximum absolute atomic E-state index is 12.0. The van der Waals surface area contributed by atoms with Crippen molar-refractivity contribution >= 4 is 5.78 Å². The van der Waals surface area contributed by atoms with Gasteiger partial charge in [0.05, 0.1) is 6.54 Å². The fourth-order valence-electron chi connectivity index (χ4n) is 1.78. The Morgan fingerprint density at radius 2 is 2.13 bits per heavy atom. The molecule has 0 unspecified atom stereocenters. The van der Waals surface area contributed by atoms with Crippen molar-refractivity contribution in [3.05, 3.63) is 0 Å². The molecule has 1 saturated heterocycles. The van der Waals surface area contributed by atoms with Crippen molar-refractivity contribution in [1.82, 2.24) is 4.90 Å². The Balaban J connectivity index is 2.41. The fourth-order valence-corrected chi connectivity index (χ4v) is 1.78. The van der Waals surface area contributed by atoms with Crippen LogP contribution in [-0.2, 0) is 4.79 Å². The summed E-state index contributed by atoms with van der Waals surface area (Å²) in [4.78, 5) is 12.3. The number of nitrogens with zero attached hydrogens (tertiary/aromatic N) is 1. The molecule has 3 nitrogen and oxygen atoms in total. The number of hydrogen-bond acceptors (Lipinski definition) is 3. The van der Waals surface area contributed by atoms with Crippen molar-refractivity contribution in [2.24, 2.45) is 11.7 Å².